The van der Waals surface area contributed by atoms with Crippen LogP contribution in [0.5, 0.6) is 11.5 Å². The van der Waals surface area contributed by atoms with Gasteiger partial charge in [-0.1, -0.05) is 100 Å². The average molecular weight is 615 g/mol. The maximum Gasteiger partial charge on any atom is 0.250 e. The summed E-state index contributed by atoms with van der Waals surface area (Å²) in [6.45, 7) is 36.9. The molecule has 0 N–H and O–H groups in total. The van der Waals surface area contributed by atoms with Crippen molar-refractivity contribution in [2.24, 2.45) is 11.8 Å². The molecule has 42 heavy (non-hydrogen) atoms. The molecule has 0 heterocycles. The second kappa shape index (κ2) is 13.8. The Kier molecular flexibility index (Phi) is 12.1. The van der Waals surface area contributed by atoms with Crippen LogP contribution in [0.1, 0.15) is 138 Å². The topological polar surface area (TPSA) is 35.5 Å². The first-order valence-corrected chi connectivity index (χ1v) is 22.6. The van der Waals surface area contributed by atoms with E-state index in [0.29, 0.717) is 5.92 Å². The predicted molar refractivity (Wildman–Crippen MR) is 188 cm³/mol. The van der Waals surface area contributed by atoms with Gasteiger partial charge in [-0.3, -0.25) is 0 Å². The summed E-state index contributed by atoms with van der Waals surface area (Å²) in [6.07, 6.45) is 10.1. The van der Waals surface area contributed by atoms with Crippen molar-refractivity contribution in [2.45, 2.75) is 168 Å². The molecular formula is C37H66O3Si2. The maximum absolute atomic E-state index is 12.2. The Balaban J connectivity index is 2.92. The van der Waals surface area contributed by atoms with E-state index in [0.717, 1.165) is 37.2 Å². The molecule has 1 aliphatic carbocycles. The van der Waals surface area contributed by atoms with Gasteiger partial charge in [-0.05, 0) is 104 Å². The molecule has 0 saturated heterocycles. The molecule has 1 aliphatic rings. The van der Waals surface area contributed by atoms with E-state index in [9.17, 15) is 4.79 Å². The largest absolute Gasteiger partial charge is 0.543 e. The third-order valence-corrected chi connectivity index (χ3v) is 19.7. The van der Waals surface area contributed by atoms with Gasteiger partial charge in [0, 0.05) is 11.5 Å². The number of unbranched alkanes of at least 4 members (excludes halogenated alkanes) is 3. The molecular weight excluding hydrogens is 549 g/mol. The van der Waals surface area contributed by atoms with Crippen LogP contribution in [0.15, 0.2) is 24.3 Å². The molecule has 0 unspecified atom stereocenters. The Bertz CT molecular complexity index is 1020. The molecule has 240 valence electrons. The van der Waals surface area contributed by atoms with Crippen LogP contribution in [0, 0.1) is 11.8 Å². The van der Waals surface area contributed by atoms with Crippen LogP contribution in [0.2, 0.25) is 36.3 Å². The lowest BCUT2D eigenvalue weighted by molar-refractivity contribution is -0.112. The fourth-order valence-electron chi connectivity index (χ4n) is 5.76. The molecule has 0 bridgehead atoms. The van der Waals surface area contributed by atoms with Gasteiger partial charge in [0.05, 0.1) is 0 Å². The van der Waals surface area contributed by atoms with E-state index in [1.165, 1.54) is 48.7 Å². The molecule has 1 aromatic rings. The number of carbonyl (C=O) groups excluding carboxylic acids is 1. The van der Waals surface area contributed by atoms with Crippen molar-refractivity contribution in [2.75, 3.05) is 0 Å². The van der Waals surface area contributed by atoms with Crippen LogP contribution in [0.3, 0.4) is 0 Å². The summed E-state index contributed by atoms with van der Waals surface area (Å²) in [6, 6.07) is 4.74. The summed E-state index contributed by atoms with van der Waals surface area (Å²) in [5.74, 6) is 2.50. The SMILES string of the molecule is C=C(C)[C@@H]1CC[C@@H](C=O)C[C@H]1c1c(O[Si](C)(C)C(C)(C)C)cc(C(C)(C)CCCCCC)cc1O[Si](C)(C)C(C)(C)C. The number of hydrogen-bond acceptors (Lipinski definition) is 3. The monoisotopic (exact) mass is 614 g/mol. The van der Waals surface area contributed by atoms with Crippen molar-refractivity contribution < 1.29 is 13.6 Å². The smallest absolute Gasteiger partial charge is 0.250 e. The summed E-state index contributed by atoms with van der Waals surface area (Å²) in [7, 11) is -4.38. The van der Waals surface area contributed by atoms with Gasteiger partial charge in [-0.2, -0.15) is 0 Å². The van der Waals surface area contributed by atoms with Gasteiger partial charge < -0.3 is 13.6 Å². The van der Waals surface area contributed by atoms with Crippen molar-refractivity contribution in [1.82, 2.24) is 0 Å². The Morgan fingerprint density at radius 2 is 1.38 bits per heavy atom. The summed E-state index contributed by atoms with van der Waals surface area (Å²) in [5.41, 5.74) is 3.69. The molecule has 1 fully saturated rings. The first-order chi connectivity index (χ1) is 19.1. The zero-order valence-corrected chi connectivity index (χ0v) is 32.1. The van der Waals surface area contributed by atoms with E-state index in [1.54, 1.807) is 0 Å². The summed E-state index contributed by atoms with van der Waals surface area (Å²) < 4.78 is 14.6. The minimum absolute atomic E-state index is 0.00496. The van der Waals surface area contributed by atoms with Crippen LogP contribution in [0.4, 0.5) is 0 Å². The van der Waals surface area contributed by atoms with E-state index in [4.69, 9.17) is 8.85 Å². The molecule has 3 nitrogen and oxygen atoms in total. The van der Waals surface area contributed by atoms with Gasteiger partial charge in [-0.25, -0.2) is 0 Å². The molecule has 0 spiro atoms. The summed E-state index contributed by atoms with van der Waals surface area (Å²) in [5, 5.41) is 0.115. The highest BCUT2D eigenvalue weighted by atomic mass is 28.4. The van der Waals surface area contributed by atoms with Gasteiger partial charge in [0.2, 0.25) is 16.6 Å². The lowest BCUT2D eigenvalue weighted by atomic mass is 9.68. The molecule has 3 atom stereocenters. The molecule has 0 amide bonds. The molecule has 0 aliphatic heterocycles. The Labute approximate surface area is 262 Å². The number of rotatable bonds is 13. The van der Waals surface area contributed by atoms with Crippen LogP contribution in [-0.2, 0) is 10.2 Å². The lowest BCUT2D eigenvalue weighted by Crippen LogP contribution is -2.45. The van der Waals surface area contributed by atoms with Gasteiger partial charge in [0.25, 0.3) is 0 Å². The van der Waals surface area contributed by atoms with Gasteiger partial charge >= 0.3 is 0 Å². The van der Waals surface area contributed by atoms with Crippen molar-refractivity contribution in [3.63, 3.8) is 0 Å². The molecule has 2 rings (SSSR count). The minimum atomic E-state index is -2.19. The fraction of sp³-hybridized carbons (Fsp3) is 0.757. The number of aldehydes is 1. The van der Waals surface area contributed by atoms with Crippen molar-refractivity contribution in [3.05, 3.63) is 35.4 Å². The van der Waals surface area contributed by atoms with E-state index in [2.05, 4.69) is 114 Å². The number of allylic oxidation sites excluding steroid dienone is 1. The van der Waals surface area contributed by atoms with E-state index >= 15 is 0 Å². The van der Waals surface area contributed by atoms with E-state index < -0.39 is 16.6 Å². The van der Waals surface area contributed by atoms with E-state index in [-0.39, 0.29) is 27.3 Å². The third-order valence-electron chi connectivity index (χ3n) is 11.0. The quantitative estimate of drug-likeness (QED) is 0.0959. The highest BCUT2D eigenvalue weighted by Gasteiger charge is 2.44. The predicted octanol–water partition coefficient (Wildman–Crippen LogP) is 12.0. The van der Waals surface area contributed by atoms with Gasteiger partial charge in [0.1, 0.15) is 17.8 Å². The number of carbonyl (C=O) groups is 1. The summed E-state index contributed by atoms with van der Waals surface area (Å²) in [4.78, 5) is 12.2. The summed E-state index contributed by atoms with van der Waals surface area (Å²) >= 11 is 0. The second-order valence-corrected chi connectivity index (χ2v) is 26.5. The standard InChI is InChI=1S/C37H66O3Si2/c1-16-17-18-19-22-37(10,11)29-24-32(39-41(12,13)35(4,5)6)34(33(25-29)40-42(14,15)36(7,8)9)31-23-28(26-38)20-21-30(31)27(2)3/h24-26,28,30-31H,2,16-23H2,1,3-15H3/t28-,30+,31-/m1/s1. The first kappa shape index (κ1) is 36.9. The molecule has 1 saturated carbocycles. The molecule has 5 heteroatoms. The van der Waals surface area contributed by atoms with Crippen molar-refractivity contribution in [3.8, 4) is 11.5 Å². The highest BCUT2D eigenvalue weighted by molar-refractivity contribution is 6.75. The van der Waals surface area contributed by atoms with Crippen molar-refractivity contribution >= 4 is 22.9 Å². The maximum atomic E-state index is 12.2. The highest BCUT2D eigenvalue weighted by Crippen LogP contribution is 2.53. The zero-order valence-electron chi connectivity index (χ0n) is 30.1. The lowest BCUT2D eigenvalue weighted by Gasteiger charge is -2.43. The Morgan fingerprint density at radius 3 is 1.79 bits per heavy atom. The normalized spacial score (nSPS) is 20.8. The second-order valence-electron chi connectivity index (χ2n) is 17.1. The molecule has 1 aromatic carbocycles. The number of benzene rings is 1. The molecule has 0 radical (unpaired) electrons. The van der Waals surface area contributed by atoms with Crippen molar-refractivity contribution in [1.29, 1.82) is 0 Å². The average Bonchev–Trinajstić information content (AvgIpc) is 2.84. The first-order valence-electron chi connectivity index (χ1n) is 16.7. The molecule has 0 aromatic heterocycles. The van der Waals surface area contributed by atoms with Gasteiger partial charge in [-0.15, -0.1) is 0 Å². The van der Waals surface area contributed by atoms with Gasteiger partial charge in [0.15, 0.2) is 0 Å². The third kappa shape index (κ3) is 8.86. The van der Waals surface area contributed by atoms with Crippen LogP contribution in [0.25, 0.3) is 0 Å². The minimum Gasteiger partial charge on any atom is -0.543 e. The van der Waals surface area contributed by atoms with Crippen LogP contribution >= 0.6 is 0 Å². The van der Waals surface area contributed by atoms with Crippen LogP contribution < -0.4 is 8.85 Å². The van der Waals surface area contributed by atoms with E-state index in [1.807, 2.05) is 0 Å². The van der Waals surface area contributed by atoms with Crippen LogP contribution in [-0.4, -0.2) is 22.9 Å². The Morgan fingerprint density at radius 1 is 0.881 bits per heavy atom. The number of hydrogen-bond donors (Lipinski definition) is 0. The zero-order chi connectivity index (χ0) is 32.3. The Hall–Kier alpha value is -1.34. The fourth-order valence-corrected chi connectivity index (χ4v) is 7.81.